The van der Waals surface area contributed by atoms with Gasteiger partial charge in [0, 0.05) is 13.1 Å². The van der Waals surface area contributed by atoms with Crippen molar-refractivity contribution < 1.29 is 13.5 Å². The summed E-state index contributed by atoms with van der Waals surface area (Å²) in [5.74, 6) is 0. The molecule has 2 rings (SSSR count). The Morgan fingerprint density at radius 1 is 1.33 bits per heavy atom. The molecular weight excluding hydrogens is 252 g/mol. The molecule has 3 N–H and O–H groups in total. The SMILES string of the molecule is NCCc1ccc(S(=O)(=O)N2CCC(O)C2)cc1. The lowest BCUT2D eigenvalue weighted by Crippen LogP contribution is -2.29. The van der Waals surface area contributed by atoms with Gasteiger partial charge in [0.2, 0.25) is 10.0 Å². The maximum Gasteiger partial charge on any atom is 0.243 e. The first-order valence-corrected chi connectivity index (χ1v) is 7.45. The van der Waals surface area contributed by atoms with Crippen LogP contribution in [0.1, 0.15) is 12.0 Å². The fourth-order valence-electron chi connectivity index (χ4n) is 2.07. The molecule has 1 heterocycles. The van der Waals surface area contributed by atoms with Gasteiger partial charge in [-0.2, -0.15) is 4.31 Å². The first-order valence-electron chi connectivity index (χ1n) is 6.01. The molecule has 0 amide bonds. The number of benzene rings is 1. The van der Waals surface area contributed by atoms with Gasteiger partial charge in [0.05, 0.1) is 11.0 Å². The molecule has 1 aromatic carbocycles. The van der Waals surface area contributed by atoms with Crippen LogP contribution in [0.4, 0.5) is 0 Å². The summed E-state index contributed by atoms with van der Waals surface area (Å²) in [4.78, 5) is 0.275. The molecule has 1 saturated heterocycles. The van der Waals surface area contributed by atoms with Crippen LogP contribution in [0.3, 0.4) is 0 Å². The normalized spacial score (nSPS) is 21.3. The highest BCUT2D eigenvalue weighted by Gasteiger charge is 2.31. The van der Waals surface area contributed by atoms with Crippen molar-refractivity contribution in [3.05, 3.63) is 29.8 Å². The van der Waals surface area contributed by atoms with E-state index in [-0.39, 0.29) is 11.4 Å². The third-order valence-electron chi connectivity index (χ3n) is 3.12. The average molecular weight is 270 g/mol. The second kappa shape index (κ2) is 5.36. The number of hydrogen-bond donors (Lipinski definition) is 2. The van der Waals surface area contributed by atoms with E-state index in [2.05, 4.69) is 0 Å². The van der Waals surface area contributed by atoms with Gasteiger partial charge in [-0.15, -0.1) is 0 Å². The van der Waals surface area contributed by atoms with Gasteiger partial charge in [-0.1, -0.05) is 12.1 Å². The molecule has 1 fully saturated rings. The minimum Gasteiger partial charge on any atom is -0.392 e. The lowest BCUT2D eigenvalue weighted by atomic mass is 10.2. The number of hydrogen-bond acceptors (Lipinski definition) is 4. The van der Waals surface area contributed by atoms with Gasteiger partial charge in [0.15, 0.2) is 0 Å². The molecular formula is C12H18N2O3S. The van der Waals surface area contributed by atoms with E-state index in [1.807, 2.05) is 0 Å². The van der Waals surface area contributed by atoms with E-state index in [1.165, 1.54) is 4.31 Å². The Bertz CT molecular complexity index is 499. The summed E-state index contributed by atoms with van der Waals surface area (Å²) in [5.41, 5.74) is 6.47. The number of nitrogens with zero attached hydrogens (tertiary/aromatic N) is 1. The predicted octanol–water partition coefficient (Wildman–Crippen LogP) is -0.0569. The Morgan fingerprint density at radius 3 is 2.50 bits per heavy atom. The van der Waals surface area contributed by atoms with Crippen molar-refractivity contribution in [3.63, 3.8) is 0 Å². The zero-order chi connectivity index (χ0) is 13.2. The zero-order valence-electron chi connectivity index (χ0n) is 10.1. The highest BCUT2D eigenvalue weighted by atomic mass is 32.2. The highest BCUT2D eigenvalue weighted by molar-refractivity contribution is 7.89. The lowest BCUT2D eigenvalue weighted by molar-refractivity contribution is 0.189. The van der Waals surface area contributed by atoms with Crippen molar-refractivity contribution in [2.75, 3.05) is 19.6 Å². The van der Waals surface area contributed by atoms with Crippen molar-refractivity contribution >= 4 is 10.0 Å². The van der Waals surface area contributed by atoms with Crippen LogP contribution in [0.2, 0.25) is 0 Å². The van der Waals surface area contributed by atoms with Crippen LogP contribution < -0.4 is 5.73 Å². The van der Waals surface area contributed by atoms with Crippen LogP contribution in [0, 0.1) is 0 Å². The summed E-state index contributed by atoms with van der Waals surface area (Å²) < 4.78 is 25.8. The number of rotatable bonds is 4. The van der Waals surface area contributed by atoms with E-state index in [4.69, 9.17) is 5.73 Å². The molecule has 0 aromatic heterocycles. The molecule has 5 nitrogen and oxygen atoms in total. The van der Waals surface area contributed by atoms with Gasteiger partial charge in [-0.05, 0) is 37.1 Å². The standard InChI is InChI=1S/C12H18N2O3S/c13-7-5-10-1-3-12(4-2-10)18(16,17)14-8-6-11(15)9-14/h1-4,11,15H,5-9,13H2. The summed E-state index contributed by atoms with van der Waals surface area (Å²) in [6.45, 7) is 1.12. The van der Waals surface area contributed by atoms with E-state index in [0.717, 1.165) is 12.0 Å². The number of nitrogens with two attached hydrogens (primary N) is 1. The van der Waals surface area contributed by atoms with Crippen molar-refractivity contribution in [3.8, 4) is 0 Å². The molecule has 1 aromatic rings. The van der Waals surface area contributed by atoms with Crippen LogP contribution in [-0.4, -0.2) is 43.6 Å². The van der Waals surface area contributed by atoms with Gasteiger partial charge < -0.3 is 10.8 Å². The zero-order valence-corrected chi connectivity index (χ0v) is 10.9. The number of aliphatic hydroxyl groups excluding tert-OH is 1. The summed E-state index contributed by atoms with van der Waals surface area (Å²) in [6, 6.07) is 6.77. The molecule has 1 aliphatic heterocycles. The minimum atomic E-state index is -3.46. The van der Waals surface area contributed by atoms with Gasteiger partial charge >= 0.3 is 0 Å². The van der Waals surface area contributed by atoms with E-state index < -0.39 is 16.1 Å². The topological polar surface area (TPSA) is 83.6 Å². The minimum absolute atomic E-state index is 0.187. The van der Waals surface area contributed by atoms with Crippen molar-refractivity contribution in [1.29, 1.82) is 0 Å². The molecule has 100 valence electrons. The first kappa shape index (κ1) is 13.5. The Balaban J connectivity index is 2.19. The smallest absolute Gasteiger partial charge is 0.243 e. The number of β-amino-alcohol motifs (C(OH)–C–C–N with tert-alkyl or cyclic N) is 1. The predicted molar refractivity (Wildman–Crippen MR) is 68.6 cm³/mol. The Morgan fingerprint density at radius 2 is 2.00 bits per heavy atom. The maximum absolute atomic E-state index is 12.2. The van der Waals surface area contributed by atoms with Crippen LogP contribution in [0.25, 0.3) is 0 Å². The Kier molecular flexibility index (Phi) is 4.01. The summed E-state index contributed by atoms with van der Waals surface area (Å²) in [7, 11) is -3.46. The molecule has 0 radical (unpaired) electrons. The van der Waals surface area contributed by atoms with Crippen molar-refractivity contribution in [1.82, 2.24) is 4.31 Å². The van der Waals surface area contributed by atoms with Crippen LogP contribution >= 0.6 is 0 Å². The third kappa shape index (κ3) is 2.72. The van der Waals surface area contributed by atoms with E-state index in [9.17, 15) is 13.5 Å². The fourth-order valence-corrected chi connectivity index (χ4v) is 3.57. The molecule has 0 spiro atoms. The van der Waals surface area contributed by atoms with Gasteiger partial charge in [-0.3, -0.25) is 0 Å². The monoisotopic (exact) mass is 270 g/mol. The Labute approximate surface area is 107 Å². The number of sulfonamides is 1. The summed E-state index contributed by atoms with van der Waals surface area (Å²) in [5, 5.41) is 9.40. The fraction of sp³-hybridized carbons (Fsp3) is 0.500. The lowest BCUT2D eigenvalue weighted by Gasteiger charge is -2.15. The van der Waals surface area contributed by atoms with Gasteiger partial charge in [-0.25, -0.2) is 8.42 Å². The third-order valence-corrected chi connectivity index (χ3v) is 5.00. The van der Waals surface area contributed by atoms with E-state index in [0.29, 0.717) is 19.5 Å². The molecule has 1 atom stereocenters. The molecule has 6 heteroatoms. The largest absolute Gasteiger partial charge is 0.392 e. The number of aliphatic hydroxyl groups is 1. The molecule has 1 unspecified atom stereocenters. The van der Waals surface area contributed by atoms with Gasteiger partial charge in [0.1, 0.15) is 0 Å². The molecule has 1 aliphatic rings. The van der Waals surface area contributed by atoms with Crippen molar-refractivity contribution in [2.24, 2.45) is 5.73 Å². The van der Waals surface area contributed by atoms with Crippen LogP contribution in [0.5, 0.6) is 0 Å². The summed E-state index contributed by atoms with van der Waals surface area (Å²) >= 11 is 0. The van der Waals surface area contributed by atoms with Crippen LogP contribution in [0.15, 0.2) is 29.2 Å². The average Bonchev–Trinajstić information content (AvgIpc) is 2.78. The molecule has 0 bridgehead atoms. The van der Waals surface area contributed by atoms with Gasteiger partial charge in [0.25, 0.3) is 0 Å². The Hall–Kier alpha value is -0.950. The van der Waals surface area contributed by atoms with E-state index in [1.54, 1.807) is 24.3 Å². The van der Waals surface area contributed by atoms with Crippen molar-refractivity contribution in [2.45, 2.75) is 23.8 Å². The second-order valence-corrected chi connectivity index (χ2v) is 6.43. The molecule has 0 aliphatic carbocycles. The first-order chi connectivity index (χ1) is 8.54. The quantitative estimate of drug-likeness (QED) is 0.803. The maximum atomic E-state index is 12.2. The molecule has 0 saturated carbocycles. The summed E-state index contributed by atoms with van der Waals surface area (Å²) in [6.07, 6.45) is 0.698. The van der Waals surface area contributed by atoms with E-state index >= 15 is 0 Å². The second-order valence-electron chi connectivity index (χ2n) is 4.49. The van der Waals surface area contributed by atoms with Crippen LogP contribution in [-0.2, 0) is 16.4 Å². The molecule has 18 heavy (non-hydrogen) atoms. The highest BCUT2D eigenvalue weighted by Crippen LogP contribution is 2.21.